The summed E-state index contributed by atoms with van der Waals surface area (Å²) in [6.07, 6.45) is 4.33. The van der Waals surface area contributed by atoms with Gasteiger partial charge in [0.2, 0.25) is 5.91 Å². The average Bonchev–Trinajstić information content (AvgIpc) is 3.06. The van der Waals surface area contributed by atoms with Crippen LogP contribution >= 0.6 is 12.4 Å². The van der Waals surface area contributed by atoms with Gasteiger partial charge in [-0.2, -0.15) is 0 Å². The van der Waals surface area contributed by atoms with E-state index in [0.29, 0.717) is 6.42 Å². The first-order valence-corrected chi connectivity index (χ1v) is 8.07. The first-order valence-electron chi connectivity index (χ1n) is 8.07. The smallest absolute Gasteiger partial charge is 0.245 e. The van der Waals surface area contributed by atoms with Gasteiger partial charge < -0.3 is 10.6 Å². The van der Waals surface area contributed by atoms with Crippen LogP contribution in [-0.2, 0) is 4.79 Å². The van der Waals surface area contributed by atoms with Crippen molar-refractivity contribution in [2.75, 3.05) is 11.9 Å². The molecule has 0 spiro atoms. The fourth-order valence-corrected chi connectivity index (χ4v) is 3.22. The Labute approximate surface area is 149 Å². The molecule has 1 saturated heterocycles. The SMILES string of the molecule is C=CC[C@@]1(C(=O)Nc2ccccc2-c2ccccc2)CCCN1.Cl. The summed E-state index contributed by atoms with van der Waals surface area (Å²) >= 11 is 0. The van der Waals surface area contributed by atoms with Gasteiger partial charge in [0.05, 0.1) is 0 Å². The van der Waals surface area contributed by atoms with Crippen LogP contribution in [0.25, 0.3) is 11.1 Å². The van der Waals surface area contributed by atoms with E-state index in [1.807, 2.05) is 48.5 Å². The number of hydrogen-bond acceptors (Lipinski definition) is 2. The molecule has 0 aromatic heterocycles. The second-order valence-corrected chi connectivity index (χ2v) is 5.97. The van der Waals surface area contributed by atoms with Crippen LogP contribution in [0.4, 0.5) is 5.69 Å². The predicted octanol–water partition coefficient (Wildman–Crippen LogP) is 4.41. The number of hydrogen-bond donors (Lipinski definition) is 2. The number of rotatable bonds is 5. The van der Waals surface area contributed by atoms with E-state index in [9.17, 15) is 4.79 Å². The Morgan fingerprint density at radius 3 is 2.54 bits per heavy atom. The Kier molecular flexibility index (Phi) is 6.18. The zero-order chi connectivity index (χ0) is 16.1. The third-order valence-electron chi connectivity index (χ3n) is 4.43. The highest BCUT2D eigenvalue weighted by atomic mass is 35.5. The molecule has 0 unspecified atom stereocenters. The summed E-state index contributed by atoms with van der Waals surface area (Å²) < 4.78 is 0. The molecule has 0 saturated carbocycles. The highest BCUT2D eigenvalue weighted by molar-refractivity contribution is 6.01. The molecule has 2 aromatic rings. The van der Waals surface area contributed by atoms with E-state index in [0.717, 1.165) is 36.2 Å². The Hall–Kier alpha value is -2.10. The number of carbonyl (C=O) groups is 1. The molecule has 0 bridgehead atoms. The second-order valence-electron chi connectivity index (χ2n) is 5.97. The summed E-state index contributed by atoms with van der Waals surface area (Å²) in [4.78, 5) is 12.9. The number of para-hydroxylation sites is 1. The first-order chi connectivity index (χ1) is 11.2. The molecule has 3 rings (SSSR count). The molecule has 1 aliphatic rings. The Bertz CT molecular complexity index is 694. The Morgan fingerprint density at radius 1 is 1.17 bits per heavy atom. The maximum atomic E-state index is 12.9. The minimum Gasteiger partial charge on any atom is -0.324 e. The Morgan fingerprint density at radius 2 is 1.88 bits per heavy atom. The lowest BCUT2D eigenvalue weighted by Crippen LogP contribution is -2.50. The summed E-state index contributed by atoms with van der Waals surface area (Å²) in [5, 5.41) is 6.49. The quantitative estimate of drug-likeness (QED) is 0.790. The summed E-state index contributed by atoms with van der Waals surface area (Å²) in [7, 11) is 0. The largest absolute Gasteiger partial charge is 0.324 e. The fraction of sp³-hybridized carbons (Fsp3) is 0.250. The predicted molar refractivity (Wildman–Crippen MR) is 103 cm³/mol. The van der Waals surface area contributed by atoms with Crippen molar-refractivity contribution in [2.24, 2.45) is 0 Å². The van der Waals surface area contributed by atoms with Crippen molar-refractivity contribution in [2.45, 2.75) is 24.8 Å². The van der Waals surface area contributed by atoms with E-state index in [4.69, 9.17) is 0 Å². The average molecular weight is 343 g/mol. The summed E-state index contributed by atoms with van der Waals surface area (Å²) in [6, 6.07) is 18.0. The van der Waals surface area contributed by atoms with E-state index >= 15 is 0 Å². The highest BCUT2D eigenvalue weighted by Crippen LogP contribution is 2.30. The molecule has 24 heavy (non-hydrogen) atoms. The number of benzene rings is 2. The van der Waals surface area contributed by atoms with Gasteiger partial charge in [0, 0.05) is 11.3 Å². The van der Waals surface area contributed by atoms with Crippen LogP contribution in [-0.4, -0.2) is 18.0 Å². The third kappa shape index (κ3) is 3.69. The van der Waals surface area contributed by atoms with E-state index < -0.39 is 5.54 Å². The van der Waals surface area contributed by atoms with Crippen molar-refractivity contribution in [3.8, 4) is 11.1 Å². The molecule has 3 nitrogen and oxygen atoms in total. The van der Waals surface area contributed by atoms with Crippen molar-refractivity contribution in [3.05, 3.63) is 67.3 Å². The maximum Gasteiger partial charge on any atom is 0.245 e. The van der Waals surface area contributed by atoms with Gasteiger partial charge in [0.15, 0.2) is 0 Å². The first kappa shape index (κ1) is 18.2. The van der Waals surface area contributed by atoms with Crippen LogP contribution in [0, 0.1) is 0 Å². The van der Waals surface area contributed by atoms with Crippen LogP contribution in [0.3, 0.4) is 0 Å². The lowest BCUT2D eigenvalue weighted by Gasteiger charge is -2.27. The minimum atomic E-state index is -0.522. The maximum absolute atomic E-state index is 12.9. The van der Waals surface area contributed by atoms with E-state index in [1.54, 1.807) is 0 Å². The minimum absolute atomic E-state index is 0. The van der Waals surface area contributed by atoms with Gasteiger partial charge in [-0.25, -0.2) is 0 Å². The second kappa shape index (κ2) is 8.13. The number of nitrogens with one attached hydrogen (secondary N) is 2. The normalized spacial score (nSPS) is 19.3. The number of amides is 1. The molecule has 1 atom stereocenters. The summed E-state index contributed by atoms with van der Waals surface area (Å²) in [5.41, 5.74) is 2.46. The van der Waals surface area contributed by atoms with E-state index in [2.05, 4.69) is 29.3 Å². The van der Waals surface area contributed by atoms with Crippen LogP contribution in [0.2, 0.25) is 0 Å². The molecule has 1 amide bonds. The standard InChI is InChI=1S/C20H22N2O.ClH/c1-2-13-20(14-8-15-21-20)19(23)22-18-12-7-6-11-17(18)16-9-4-3-5-10-16;/h2-7,9-12,21H,1,8,13-15H2,(H,22,23);1H/t20-;/m0./s1. The molecule has 0 aliphatic carbocycles. The zero-order valence-corrected chi connectivity index (χ0v) is 14.4. The lowest BCUT2D eigenvalue weighted by molar-refractivity contribution is -0.121. The van der Waals surface area contributed by atoms with Gasteiger partial charge in [-0.15, -0.1) is 19.0 Å². The van der Waals surface area contributed by atoms with Gasteiger partial charge in [-0.3, -0.25) is 4.79 Å². The Balaban J connectivity index is 0.00000208. The van der Waals surface area contributed by atoms with Crippen molar-refractivity contribution in [3.63, 3.8) is 0 Å². The van der Waals surface area contributed by atoms with Gasteiger partial charge >= 0.3 is 0 Å². The third-order valence-corrected chi connectivity index (χ3v) is 4.43. The van der Waals surface area contributed by atoms with Crippen molar-refractivity contribution in [1.29, 1.82) is 0 Å². The number of carbonyl (C=O) groups excluding carboxylic acids is 1. The molecule has 1 aliphatic heterocycles. The molecular formula is C20H23ClN2O. The van der Waals surface area contributed by atoms with Crippen molar-refractivity contribution >= 4 is 24.0 Å². The van der Waals surface area contributed by atoms with Crippen molar-refractivity contribution in [1.82, 2.24) is 5.32 Å². The molecular weight excluding hydrogens is 320 g/mol. The van der Waals surface area contributed by atoms with E-state index in [1.165, 1.54) is 0 Å². The molecule has 4 heteroatoms. The van der Waals surface area contributed by atoms with Crippen LogP contribution in [0.1, 0.15) is 19.3 Å². The van der Waals surface area contributed by atoms with Gasteiger partial charge in [-0.1, -0.05) is 54.6 Å². The molecule has 0 radical (unpaired) electrons. The molecule has 2 N–H and O–H groups in total. The van der Waals surface area contributed by atoms with Gasteiger partial charge in [0.1, 0.15) is 5.54 Å². The molecule has 126 valence electrons. The van der Waals surface area contributed by atoms with Crippen LogP contribution in [0.15, 0.2) is 67.3 Å². The molecule has 1 heterocycles. The van der Waals surface area contributed by atoms with Gasteiger partial charge in [-0.05, 0) is 37.4 Å². The number of anilines is 1. The summed E-state index contributed by atoms with van der Waals surface area (Å²) in [5.74, 6) is 0.0262. The monoisotopic (exact) mass is 342 g/mol. The fourth-order valence-electron chi connectivity index (χ4n) is 3.22. The molecule has 1 fully saturated rings. The van der Waals surface area contributed by atoms with Gasteiger partial charge in [0.25, 0.3) is 0 Å². The topological polar surface area (TPSA) is 41.1 Å². The van der Waals surface area contributed by atoms with Crippen LogP contribution in [0.5, 0.6) is 0 Å². The van der Waals surface area contributed by atoms with E-state index in [-0.39, 0.29) is 18.3 Å². The lowest BCUT2D eigenvalue weighted by atomic mass is 9.91. The number of halogens is 1. The van der Waals surface area contributed by atoms with Crippen molar-refractivity contribution < 1.29 is 4.79 Å². The highest BCUT2D eigenvalue weighted by Gasteiger charge is 2.39. The molecule has 2 aromatic carbocycles. The van der Waals surface area contributed by atoms with Crippen LogP contribution < -0.4 is 10.6 Å². The zero-order valence-electron chi connectivity index (χ0n) is 13.6. The summed E-state index contributed by atoms with van der Waals surface area (Å²) in [6.45, 7) is 4.68.